The van der Waals surface area contributed by atoms with Crippen LogP contribution < -0.4 is 4.72 Å². The molecule has 0 fully saturated rings. The van der Waals surface area contributed by atoms with Crippen molar-refractivity contribution in [1.29, 1.82) is 0 Å². The van der Waals surface area contributed by atoms with Gasteiger partial charge in [-0.25, -0.2) is 13.5 Å². The maximum atomic E-state index is 13.5. The average molecular weight is 544 g/mol. The standard InChI is InChI=1S/C22H23Cl2N3O5S2/c1-11(13-7-3-5-12-6-4-8-14(12)13)19(20-25-26-22(33)32-20)27-34(29,30)16-10-9-15(23)17(18(16)24)21(28)31-2/h3,5,7,9-11,19,21,27-28H,4,6,8H2,1-2H3,(H,26,33)/t11-,19+,21?/m1/s1. The van der Waals surface area contributed by atoms with Gasteiger partial charge < -0.3 is 14.3 Å². The third kappa shape index (κ3) is 4.81. The van der Waals surface area contributed by atoms with Gasteiger partial charge in [-0.3, -0.25) is 0 Å². The third-order valence-electron chi connectivity index (χ3n) is 6.03. The molecule has 4 rings (SSSR count). The van der Waals surface area contributed by atoms with Gasteiger partial charge in [0.15, 0.2) is 6.29 Å². The van der Waals surface area contributed by atoms with Crippen molar-refractivity contribution in [2.75, 3.05) is 7.11 Å². The van der Waals surface area contributed by atoms with E-state index in [0.29, 0.717) is 0 Å². The zero-order chi connectivity index (χ0) is 24.6. The molecule has 34 heavy (non-hydrogen) atoms. The molecular weight excluding hydrogens is 521 g/mol. The number of methoxy groups -OCH3 is 1. The summed E-state index contributed by atoms with van der Waals surface area (Å²) in [7, 11) is -2.98. The molecular formula is C22H23Cl2N3O5S2. The summed E-state index contributed by atoms with van der Waals surface area (Å²) in [6.45, 7) is 1.90. The Morgan fingerprint density at radius 1 is 1.26 bits per heavy atom. The molecule has 3 atom stereocenters. The van der Waals surface area contributed by atoms with Gasteiger partial charge in [0, 0.05) is 18.6 Å². The molecule has 0 bridgehead atoms. The zero-order valence-electron chi connectivity index (χ0n) is 18.3. The first kappa shape index (κ1) is 25.3. The second-order valence-electron chi connectivity index (χ2n) is 8.04. The summed E-state index contributed by atoms with van der Waals surface area (Å²) < 4.78 is 40.1. The Labute approximate surface area is 212 Å². The first-order valence-electron chi connectivity index (χ1n) is 10.5. The smallest absolute Gasteiger partial charge is 0.284 e. The molecule has 182 valence electrons. The predicted molar refractivity (Wildman–Crippen MR) is 130 cm³/mol. The van der Waals surface area contributed by atoms with E-state index in [4.69, 9.17) is 44.6 Å². The van der Waals surface area contributed by atoms with Crippen molar-refractivity contribution in [2.24, 2.45) is 0 Å². The van der Waals surface area contributed by atoms with Crippen LogP contribution in [0.3, 0.4) is 0 Å². The average Bonchev–Trinajstić information content (AvgIpc) is 3.45. The van der Waals surface area contributed by atoms with Gasteiger partial charge in [-0.1, -0.05) is 48.3 Å². The third-order valence-corrected chi connectivity index (χ3v) is 8.53. The molecule has 0 aliphatic heterocycles. The Balaban J connectivity index is 1.78. The molecule has 3 aromatic rings. The lowest BCUT2D eigenvalue weighted by Crippen LogP contribution is -2.33. The highest BCUT2D eigenvalue weighted by atomic mass is 35.5. The Morgan fingerprint density at radius 2 is 2.03 bits per heavy atom. The molecule has 1 unspecified atom stereocenters. The summed E-state index contributed by atoms with van der Waals surface area (Å²) in [6, 6.07) is 7.75. The number of sulfonamides is 1. The van der Waals surface area contributed by atoms with E-state index in [1.807, 2.05) is 19.1 Å². The van der Waals surface area contributed by atoms with Gasteiger partial charge in [0.2, 0.25) is 15.9 Å². The lowest BCUT2D eigenvalue weighted by molar-refractivity contribution is -0.0769. The second-order valence-corrected chi connectivity index (χ2v) is 10.9. The number of benzene rings is 2. The Morgan fingerprint density at radius 3 is 2.71 bits per heavy atom. The number of nitrogens with zero attached hydrogens (tertiary/aromatic N) is 1. The van der Waals surface area contributed by atoms with Crippen molar-refractivity contribution in [3.8, 4) is 0 Å². The number of hydrogen-bond donors (Lipinski definition) is 3. The monoisotopic (exact) mass is 543 g/mol. The van der Waals surface area contributed by atoms with Gasteiger partial charge in [0.25, 0.3) is 4.84 Å². The number of ether oxygens (including phenoxy) is 1. The molecule has 2 aromatic carbocycles. The van der Waals surface area contributed by atoms with Crippen molar-refractivity contribution in [1.82, 2.24) is 14.9 Å². The number of halogens is 2. The highest BCUT2D eigenvalue weighted by Gasteiger charge is 2.34. The Kier molecular flexibility index (Phi) is 7.49. The van der Waals surface area contributed by atoms with E-state index >= 15 is 0 Å². The van der Waals surface area contributed by atoms with Crippen molar-refractivity contribution in [3.63, 3.8) is 0 Å². The molecule has 1 aromatic heterocycles. The van der Waals surface area contributed by atoms with Crippen molar-refractivity contribution < 1.29 is 22.7 Å². The molecule has 8 nitrogen and oxygen atoms in total. The fraction of sp³-hybridized carbons (Fsp3) is 0.364. The van der Waals surface area contributed by atoms with E-state index in [1.54, 1.807) is 0 Å². The number of aromatic amines is 1. The van der Waals surface area contributed by atoms with Crippen LogP contribution in [0.1, 0.15) is 59.7 Å². The van der Waals surface area contributed by atoms with Crippen molar-refractivity contribution >= 4 is 45.4 Å². The number of rotatable bonds is 8. The van der Waals surface area contributed by atoms with Crippen LogP contribution in [0, 0.1) is 4.84 Å². The number of hydrogen-bond acceptors (Lipinski definition) is 7. The van der Waals surface area contributed by atoms with Crippen LogP contribution in [-0.2, 0) is 27.6 Å². The molecule has 0 amide bonds. The molecule has 1 heterocycles. The van der Waals surface area contributed by atoms with Crippen LogP contribution in [0.4, 0.5) is 0 Å². The number of aliphatic hydroxyl groups excluding tert-OH is 1. The van der Waals surface area contributed by atoms with Gasteiger partial charge >= 0.3 is 0 Å². The highest BCUT2D eigenvalue weighted by Crippen LogP contribution is 2.39. The van der Waals surface area contributed by atoms with E-state index in [2.05, 4.69) is 21.0 Å². The maximum Gasteiger partial charge on any atom is 0.284 e. The number of aromatic nitrogens is 2. The van der Waals surface area contributed by atoms with Crippen LogP contribution in [0.25, 0.3) is 0 Å². The highest BCUT2D eigenvalue weighted by molar-refractivity contribution is 7.89. The quantitative estimate of drug-likeness (QED) is 0.270. The first-order valence-corrected chi connectivity index (χ1v) is 13.2. The van der Waals surface area contributed by atoms with Gasteiger partial charge in [0.1, 0.15) is 10.9 Å². The van der Waals surface area contributed by atoms with Crippen molar-refractivity contribution in [2.45, 2.75) is 49.3 Å². The number of aliphatic hydroxyl groups is 1. The van der Waals surface area contributed by atoms with Gasteiger partial charge in [-0.15, -0.1) is 5.10 Å². The molecule has 0 saturated heterocycles. The van der Waals surface area contributed by atoms with E-state index in [9.17, 15) is 13.5 Å². The lowest BCUT2D eigenvalue weighted by atomic mass is 9.88. The topological polar surface area (TPSA) is 117 Å². The van der Waals surface area contributed by atoms with E-state index in [0.717, 1.165) is 24.8 Å². The number of H-pyrrole nitrogens is 1. The number of nitrogens with one attached hydrogen (secondary N) is 2. The SMILES string of the molecule is COC(O)c1c(Cl)ccc(S(=O)(=O)N[C@H](c2n[nH]c(=S)o2)[C@H](C)c2cccc3c2CCC3)c1Cl. The van der Waals surface area contributed by atoms with E-state index in [-0.39, 0.29) is 37.2 Å². The Bertz CT molecular complexity index is 1370. The first-order chi connectivity index (χ1) is 16.1. The van der Waals surface area contributed by atoms with Crippen molar-refractivity contribution in [3.05, 3.63) is 73.4 Å². The maximum absolute atomic E-state index is 13.5. The normalized spacial score (nSPS) is 16.3. The van der Waals surface area contributed by atoms with Gasteiger partial charge in [-0.2, -0.15) is 4.72 Å². The van der Waals surface area contributed by atoms with Crippen LogP contribution in [0.5, 0.6) is 0 Å². The number of aryl methyl sites for hydroxylation is 1. The molecule has 1 aliphatic rings. The van der Waals surface area contributed by atoms with E-state index < -0.39 is 22.4 Å². The molecule has 3 N–H and O–H groups in total. The van der Waals surface area contributed by atoms with Gasteiger partial charge in [-0.05, 0) is 60.3 Å². The van der Waals surface area contributed by atoms with Gasteiger partial charge in [0.05, 0.1) is 10.0 Å². The van der Waals surface area contributed by atoms with E-state index in [1.165, 1.54) is 30.4 Å². The summed E-state index contributed by atoms with van der Waals surface area (Å²) >= 11 is 17.5. The molecule has 12 heteroatoms. The van der Waals surface area contributed by atoms with Crippen LogP contribution in [-0.4, -0.2) is 30.8 Å². The minimum Gasteiger partial charge on any atom is -0.412 e. The predicted octanol–water partition coefficient (Wildman–Crippen LogP) is 4.99. The van der Waals surface area contributed by atoms with Crippen LogP contribution in [0.2, 0.25) is 10.0 Å². The minimum atomic E-state index is -4.23. The summed E-state index contributed by atoms with van der Waals surface area (Å²) in [5.41, 5.74) is 3.43. The summed E-state index contributed by atoms with van der Waals surface area (Å²) in [4.78, 5) is -0.242. The molecule has 0 spiro atoms. The fourth-order valence-corrected chi connectivity index (χ4v) is 6.68. The zero-order valence-corrected chi connectivity index (χ0v) is 21.5. The summed E-state index contributed by atoms with van der Waals surface area (Å²) in [5, 5.41) is 16.6. The second kappa shape index (κ2) is 10.1. The molecule has 1 aliphatic carbocycles. The largest absolute Gasteiger partial charge is 0.412 e. The molecule has 0 saturated carbocycles. The van der Waals surface area contributed by atoms with Crippen LogP contribution in [0.15, 0.2) is 39.6 Å². The minimum absolute atomic E-state index is 0.0275. The Hall–Kier alpha value is -1.79. The number of fused-ring (bicyclic) bond motifs is 1. The fourth-order valence-electron chi connectivity index (χ4n) is 4.33. The summed E-state index contributed by atoms with van der Waals surface area (Å²) in [5.74, 6) is -0.252. The molecule has 0 radical (unpaired) electrons. The van der Waals surface area contributed by atoms with Crippen LogP contribution >= 0.6 is 35.4 Å². The lowest BCUT2D eigenvalue weighted by Gasteiger charge is -2.25. The summed E-state index contributed by atoms with van der Waals surface area (Å²) in [6.07, 6.45) is 1.45.